The molecule has 2 aromatic rings. The number of aliphatic hydroxyl groups excluding tert-OH is 1. The number of anilines is 3. The van der Waals surface area contributed by atoms with Crippen LogP contribution in [0.4, 0.5) is 17.3 Å². The van der Waals surface area contributed by atoms with Crippen LogP contribution >= 0.6 is 23.2 Å². The molecule has 0 saturated carbocycles. The molecule has 2 bridgehead atoms. The Balaban J connectivity index is 0.000000134. The van der Waals surface area contributed by atoms with Crippen molar-refractivity contribution in [2.75, 3.05) is 35.2 Å². The number of aryl methyl sites for hydroxylation is 1. The average molecular weight is 408 g/mol. The molecule has 1 fully saturated rings. The van der Waals surface area contributed by atoms with Gasteiger partial charge in [-0.25, -0.2) is 9.97 Å². The Hall–Kier alpha value is -1.76. The first-order valence-corrected chi connectivity index (χ1v) is 10.1. The monoisotopic (exact) mass is 407 g/mol. The molecule has 1 saturated heterocycles. The standard InChI is InChI=1S/C10H13ClN2O.C9H10ClN3/c11-9-4-2-7-1-3-8(5-6-14)12-10(7)13-9;10-8-2-1-7-9(12-8)11-6-3-4-13(7)5-6/h2,4,8,14H,1,3,5-6H2,(H,12,13);1-2,6H,3-5H2,(H,11,12)/t8-;6-/m10/s1. The number of nitrogens with one attached hydrogen (secondary N) is 2. The van der Waals surface area contributed by atoms with E-state index in [1.807, 2.05) is 24.3 Å². The predicted octanol–water partition coefficient (Wildman–Crippen LogP) is 3.58. The van der Waals surface area contributed by atoms with Gasteiger partial charge in [-0.2, -0.15) is 0 Å². The second kappa shape index (κ2) is 8.09. The van der Waals surface area contributed by atoms with Crippen molar-refractivity contribution in [2.24, 2.45) is 0 Å². The highest BCUT2D eigenvalue weighted by Gasteiger charge is 2.30. The summed E-state index contributed by atoms with van der Waals surface area (Å²) in [4.78, 5) is 10.8. The molecule has 0 aliphatic carbocycles. The summed E-state index contributed by atoms with van der Waals surface area (Å²) in [5.74, 6) is 1.82. The fraction of sp³-hybridized carbons (Fsp3) is 0.474. The first-order chi connectivity index (χ1) is 13.1. The van der Waals surface area contributed by atoms with Gasteiger partial charge in [0.25, 0.3) is 0 Å². The highest BCUT2D eigenvalue weighted by atomic mass is 35.5. The van der Waals surface area contributed by atoms with Crippen molar-refractivity contribution in [3.05, 3.63) is 40.1 Å². The lowest BCUT2D eigenvalue weighted by Gasteiger charge is -2.27. The molecule has 2 aromatic heterocycles. The number of aromatic nitrogens is 2. The van der Waals surface area contributed by atoms with Crippen LogP contribution in [0.5, 0.6) is 0 Å². The SMILES string of the molecule is Clc1ccc2c(n1)N[C@H]1CCN2C1.OCC[C@H]1CCc2ccc(Cl)nc2N1. The van der Waals surface area contributed by atoms with Crippen LogP contribution in [0.1, 0.15) is 24.8 Å². The lowest BCUT2D eigenvalue weighted by molar-refractivity contribution is 0.276. The van der Waals surface area contributed by atoms with E-state index in [9.17, 15) is 0 Å². The second-order valence-electron chi connectivity index (χ2n) is 7.11. The fourth-order valence-electron chi connectivity index (χ4n) is 3.84. The number of halogens is 2. The van der Waals surface area contributed by atoms with Crippen LogP contribution in [-0.2, 0) is 6.42 Å². The molecule has 2 atom stereocenters. The Bertz CT molecular complexity index is 819. The second-order valence-corrected chi connectivity index (χ2v) is 7.89. The summed E-state index contributed by atoms with van der Waals surface area (Å²) in [7, 11) is 0. The highest BCUT2D eigenvalue weighted by Crippen LogP contribution is 2.34. The molecule has 0 spiro atoms. The molecule has 0 unspecified atom stereocenters. The molecular formula is C19H23Cl2N5O. The van der Waals surface area contributed by atoms with Crippen molar-refractivity contribution >= 4 is 40.5 Å². The molecule has 3 N–H and O–H groups in total. The number of nitrogens with zero attached hydrogens (tertiary/aromatic N) is 3. The van der Waals surface area contributed by atoms with E-state index in [1.165, 1.54) is 17.7 Å². The quantitative estimate of drug-likeness (QED) is 0.660. The molecule has 6 nitrogen and oxygen atoms in total. The number of pyridine rings is 2. The molecule has 0 aromatic carbocycles. The Morgan fingerprint density at radius 2 is 1.81 bits per heavy atom. The maximum Gasteiger partial charge on any atom is 0.151 e. The largest absolute Gasteiger partial charge is 0.396 e. The summed E-state index contributed by atoms with van der Waals surface area (Å²) in [6.45, 7) is 2.46. The third kappa shape index (κ3) is 4.23. The maximum absolute atomic E-state index is 8.83. The van der Waals surface area contributed by atoms with Gasteiger partial charge in [0.05, 0.1) is 5.69 Å². The van der Waals surface area contributed by atoms with Crippen molar-refractivity contribution < 1.29 is 5.11 Å². The first kappa shape index (κ1) is 18.6. The van der Waals surface area contributed by atoms with Gasteiger partial charge in [0.1, 0.15) is 16.1 Å². The molecule has 8 heteroatoms. The predicted molar refractivity (Wildman–Crippen MR) is 110 cm³/mol. The normalized spacial score (nSPS) is 22.0. The van der Waals surface area contributed by atoms with Gasteiger partial charge in [0, 0.05) is 31.8 Å². The fourth-order valence-corrected chi connectivity index (χ4v) is 4.13. The smallest absolute Gasteiger partial charge is 0.151 e. The van der Waals surface area contributed by atoms with E-state index < -0.39 is 0 Å². The number of fused-ring (bicyclic) bond motifs is 5. The van der Waals surface area contributed by atoms with Crippen LogP contribution in [0.25, 0.3) is 0 Å². The first-order valence-electron chi connectivity index (χ1n) is 9.33. The van der Waals surface area contributed by atoms with E-state index in [-0.39, 0.29) is 6.61 Å². The van der Waals surface area contributed by atoms with E-state index in [1.54, 1.807) is 0 Å². The summed E-state index contributed by atoms with van der Waals surface area (Å²) in [6, 6.07) is 8.61. The Labute approximate surface area is 168 Å². The molecule has 5 rings (SSSR count). The lowest BCUT2D eigenvalue weighted by atomic mass is 9.99. The molecular weight excluding hydrogens is 385 g/mol. The minimum absolute atomic E-state index is 0.216. The van der Waals surface area contributed by atoms with Crippen LogP contribution in [0, 0.1) is 0 Å². The number of aliphatic hydroxyl groups is 1. The van der Waals surface area contributed by atoms with Crippen molar-refractivity contribution in [1.29, 1.82) is 0 Å². The van der Waals surface area contributed by atoms with Crippen molar-refractivity contribution in [3.63, 3.8) is 0 Å². The number of rotatable bonds is 2. The van der Waals surface area contributed by atoms with Crippen LogP contribution < -0.4 is 15.5 Å². The third-order valence-corrected chi connectivity index (χ3v) is 5.66. The maximum atomic E-state index is 8.83. The number of hydrogen-bond acceptors (Lipinski definition) is 6. The number of hydrogen-bond donors (Lipinski definition) is 3. The zero-order valence-electron chi connectivity index (χ0n) is 15.0. The zero-order valence-corrected chi connectivity index (χ0v) is 16.5. The van der Waals surface area contributed by atoms with Gasteiger partial charge in [-0.15, -0.1) is 0 Å². The van der Waals surface area contributed by atoms with Gasteiger partial charge < -0.3 is 20.6 Å². The van der Waals surface area contributed by atoms with Crippen molar-refractivity contribution in [2.45, 2.75) is 37.8 Å². The molecule has 144 valence electrons. The van der Waals surface area contributed by atoms with Crippen LogP contribution in [0.15, 0.2) is 24.3 Å². The Morgan fingerprint density at radius 1 is 1.04 bits per heavy atom. The summed E-state index contributed by atoms with van der Waals surface area (Å²) < 4.78 is 0. The minimum Gasteiger partial charge on any atom is -0.396 e. The van der Waals surface area contributed by atoms with Gasteiger partial charge in [-0.3, -0.25) is 0 Å². The summed E-state index contributed by atoms with van der Waals surface area (Å²) in [6.07, 6.45) is 4.04. The highest BCUT2D eigenvalue weighted by molar-refractivity contribution is 6.29. The van der Waals surface area contributed by atoms with Gasteiger partial charge in [0.15, 0.2) is 5.82 Å². The Kier molecular flexibility index (Phi) is 5.57. The van der Waals surface area contributed by atoms with E-state index in [0.29, 0.717) is 22.4 Å². The van der Waals surface area contributed by atoms with Crippen LogP contribution in [0.3, 0.4) is 0 Å². The molecule has 3 aliphatic rings. The van der Waals surface area contributed by atoms with E-state index in [2.05, 4.69) is 25.5 Å². The van der Waals surface area contributed by atoms with Crippen molar-refractivity contribution in [3.8, 4) is 0 Å². The minimum atomic E-state index is 0.216. The van der Waals surface area contributed by atoms with E-state index in [0.717, 1.165) is 44.0 Å². The van der Waals surface area contributed by atoms with Gasteiger partial charge in [-0.05, 0) is 49.4 Å². The average Bonchev–Trinajstić information content (AvgIpc) is 3.04. The molecule has 3 aliphatic heterocycles. The van der Waals surface area contributed by atoms with E-state index in [4.69, 9.17) is 28.3 Å². The summed E-state index contributed by atoms with van der Waals surface area (Å²) in [5, 5.41) is 16.6. The lowest BCUT2D eigenvalue weighted by Crippen LogP contribution is -2.32. The van der Waals surface area contributed by atoms with Crippen LogP contribution in [-0.4, -0.2) is 46.9 Å². The Morgan fingerprint density at radius 3 is 2.63 bits per heavy atom. The van der Waals surface area contributed by atoms with Crippen LogP contribution in [0.2, 0.25) is 10.3 Å². The summed E-state index contributed by atoms with van der Waals surface area (Å²) in [5.41, 5.74) is 2.40. The topological polar surface area (TPSA) is 73.3 Å². The molecule has 0 radical (unpaired) electrons. The summed E-state index contributed by atoms with van der Waals surface area (Å²) >= 11 is 11.6. The van der Waals surface area contributed by atoms with Crippen molar-refractivity contribution in [1.82, 2.24) is 9.97 Å². The zero-order chi connectivity index (χ0) is 18.8. The van der Waals surface area contributed by atoms with Gasteiger partial charge in [-0.1, -0.05) is 29.3 Å². The molecule has 5 heterocycles. The molecule has 0 amide bonds. The van der Waals surface area contributed by atoms with Gasteiger partial charge in [0.2, 0.25) is 0 Å². The van der Waals surface area contributed by atoms with Gasteiger partial charge >= 0.3 is 0 Å². The third-order valence-electron chi connectivity index (χ3n) is 5.24. The van der Waals surface area contributed by atoms with E-state index >= 15 is 0 Å². The molecule has 27 heavy (non-hydrogen) atoms.